The van der Waals surface area contributed by atoms with Gasteiger partial charge in [-0.1, -0.05) is 23.2 Å². The van der Waals surface area contributed by atoms with Crippen LogP contribution >= 0.6 is 34.8 Å². The molecule has 0 unspecified atom stereocenters. The molecule has 1 aromatic rings. The predicted molar refractivity (Wildman–Crippen MR) is 60.5 cm³/mol. The number of anilines is 1. The second-order valence-corrected chi connectivity index (χ2v) is 4.85. The summed E-state index contributed by atoms with van der Waals surface area (Å²) in [6.45, 7) is 0. The zero-order valence-corrected chi connectivity index (χ0v) is 9.57. The predicted octanol–water partition coefficient (Wildman–Crippen LogP) is 3.57. The summed E-state index contributed by atoms with van der Waals surface area (Å²) in [4.78, 5) is 4.11. The van der Waals surface area contributed by atoms with E-state index in [0.29, 0.717) is 27.3 Å². The van der Waals surface area contributed by atoms with Crippen molar-refractivity contribution in [1.82, 2.24) is 4.98 Å². The number of halogens is 3. The first-order valence-corrected chi connectivity index (χ1v) is 5.56. The van der Waals surface area contributed by atoms with Crippen LogP contribution in [0.5, 0.6) is 0 Å². The van der Waals surface area contributed by atoms with Crippen molar-refractivity contribution in [3.05, 3.63) is 22.3 Å². The summed E-state index contributed by atoms with van der Waals surface area (Å²) in [5.41, 5.74) is 0. The molecule has 1 fully saturated rings. The van der Waals surface area contributed by atoms with Gasteiger partial charge in [-0.2, -0.15) is 0 Å². The smallest absolute Gasteiger partial charge is 0.145 e. The minimum Gasteiger partial charge on any atom is -0.366 e. The summed E-state index contributed by atoms with van der Waals surface area (Å²) in [5, 5.41) is 4.61. The molecule has 1 heterocycles. The van der Waals surface area contributed by atoms with Gasteiger partial charge in [-0.05, 0) is 18.9 Å². The van der Waals surface area contributed by atoms with E-state index in [0.717, 1.165) is 12.8 Å². The van der Waals surface area contributed by atoms with Crippen molar-refractivity contribution >= 4 is 40.6 Å². The zero-order chi connectivity index (χ0) is 10.1. The van der Waals surface area contributed by atoms with Gasteiger partial charge in [0.05, 0.1) is 10.0 Å². The van der Waals surface area contributed by atoms with Crippen LogP contribution < -0.4 is 5.32 Å². The van der Waals surface area contributed by atoms with E-state index in [1.165, 1.54) is 0 Å². The van der Waals surface area contributed by atoms with Crippen LogP contribution in [0.1, 0.15) is 12.8 Å². The van der Waals surface area contributed by atoms with Gasteiger partial charge in [-0.25, -0.2) is 4.98 Å². The largest absolute Gasteiger partial charge is 0.366 e. The molecule has 14 heavy (non-hydrogen) atoms. The van der Waals surface area contributed by atoms with Gasteiger partial charge in [0.1, 0.15) is 5.82 Å². The number of hydrogen-bond acceptors (Lipinski definition) is 2. The maximum atomic E-state index is 5.95. The summed E-state index contributed by atoms with van der Waals surface area (Å²) in [6, 6.07) is 2.07. The molecule has 1 aliphatic carbocycles. The van der Waals surface area contributed by atoms with Crippen molar-refractivity contribution in [3.63, 3.8) is 0 Å². The quantitative estimate of drug-likeness (QED) is 0.813. The Balaban J connectivity index is 2.02. The van der Waals surface area contributed by atoms with Gasteiger partial charge in [0.25, 0.3) is 0 Å². The van der Waals surface area contributed by atoms with Gasteiger partial charge in [0.15, 0.2) is 0 Å². The first-order valence-electron chi connectivity index (χ1n) is 4.37. The molecule has 0 spiro atoms. The van der Waals surface area contributed by atoms with Gasteiger partial charge >= 0.3 is 0 Å². The standard InChI is InChI=1S/C9H9Cl3N2/c10-5-1-7(2-5)14-9-8(12)3-6(11)4-13-9/h3-5,7H,1-2H2,(H,13,14). The molecule has 1 aliphatic rings. The van der Waals surface area contributed by atoms with Gasteiger partial charge in [-0.3, -0.25) is 0 Å². The Labute approximate surface area is 97.6 Å². The lowest BCUT2D eigenvalue weighted by molar-refractivity contribution is 0.453. The van der Waals surface area contributed by atoms with E-state index in [-0.39, 0.29) is 0 Å². The van der Waals surface area contributed by atoms with Gasteiger partial charge in [0.2, 0.25) is 0 Å². The maximum absolute atomic E-state index is 5.95. The first-order chi connectivity index (χ1) is 6.65. The van der Waals surface area contributed by atoms with Crippen LogP contribution in [0, 0.1) is 0 Å². The highest BCUT2D eigenvalue weighted by Gasteiger charge is 2.27. The molecule has 1 aromatic heterocycles. The lowest BCUT2D eigenvalue weighted by atomic mass is 9.92. The van der Waals surface area contributed by atoms with E-state index in [1.807, 2.05) is 0 Å². The van der Waals surface area contributed by atoms with Crippen molar-refractivity contribution in [3.8, 4) is 0 Å². The van der Waals surface area contributed by atoms with E-state index < -0.39 is 0 Å². The van der Waals surface area contributed by atoms with Gasteiger partial charge < -0.3 is 5.32 Å². The number of rotatable bonds is 2. The third kappa shape index (κ3) is 2.25. The molecule has 2 rings (SSSR count). The highest BCUT2D eigenvalue weighted by atomic mass is 35.5. The van der Waals surface area contributed by atoms with E-state index in [9.17, 15) is 0 Å². The van der Waals surface area contributed by atoms with Crippen LogP contribution in [-0.2, 0) is 0 Å². The second kappa shape index (κ2) is 4.13. The number of pyridine rings is 1. The Morgan fingerprint density at radius 2 is 2.07 bits per heavy atom. The lowest BCUT2D eigenvalue weighted by Crippen LogP contribution is -2.36. The molecule has 0 atom stereocenters. The average Bonchev–Trinajstić information content (AvgIpc) is 2.06. The molecule has 1 saturated carbocycles. The van der Waals surface area contributed by atoms with Crippen molar-refractivity contribution in [2.75, 3.05) is 5.32 Å². The molecule has 0 radical (unpaired) electrons. The third-order valence-electron chi connectivity index (χ3n) is 2.23. The SMILES string of the molecule is Clc1cnc(NC2CC(Cl)C2)c(Cl)c1. The van der Waals surface area contributed by atoms with Gasteiger partial charge in [0, 0.05) is 17.6 Å². The van der Waals surface area contributed by atoms with Crippen LogP contribution in [0.2, 0.25) is 10.0 Å². The summed E-state index contributed by atoms with van der Waals surface area (Å²) in [7, 11) is 0. The summed E-state index contributed by atoms with van der Waals surface area (Å²) in [5.74, 6) is 0.685. The Hall–Kier alpha value is -0.180. The topological polar surface area (TPSA) is 24.9 Å². The second-order valence-electron chi connectivity index (χ2n) is 3.39. The molecule has 0 aliphatic heterocycles. The summed E-state index contributed by atoms with van der Waals surface area (Å²) < 4.78 is 0. The highest BCUT2D eigenvalue weighted by molar-refractivity contribution is 6.35. The fourth-order valence-corrected chi connectivity index (χ4v) is 2.25. The van der Waals surface area contributed by atoms with E-state index in [4.69, 9.17) is 34.8 Å². The van der Waals surface area contributed by atoms with Gasteiger partial charge in [-0.15, -0.1) is 11.6 Å². The fraction of sp³-hybridized carbons (Fsp3) is 0.444. The highest BCUT2D eigenvalue weighted by Crippen LogP contribution is 2.30. The number of aromatic nitrogens is 1. The third-order valence-corrected chi connectivity index (χ3v) is 3.08. The number of hydrogen-bond donors (Lipinski definition) is 1. The molecular formula is C9H9Cl3N2. The summed E-state index contributed by atoms with van der Waals surface area (Å²) >= 11 is 17.5. The molecule has 2 nitrogen and oxygen atoms in total. The van der Waals surface area contributed by atoms with Crippen LogP contribution in [0.15, 0.2) is 12.3 Å². The lowest BCUT2D eigenvalue weighted by Gasteiger charge is -2.32. The van der Waals surface area contributed by atoms with Crippen molar-refractivity contribution in [2.45, 2.75) is 24.3 Å². The first kappa shape index (κ1) is 10.3. The van der Waals surface area contributed by atoms with Crippen LogP contribution in [-0.4, -0.2) is 16.4 Å². The van der Waals surface area contributed by atoms with Crippen LogP contribution in [0.3, 0.4) is 0 Å². The van der Waals surface area contributed by atoms with Crippen molar-refractivity contribution < 1.29 is 0 Å². The normalized spacial score (nSPS) is 25.6. The van der Waals surface area contributed by atoms with Crippen LogP contribution in [0.4, 0.5) is 5.82 Å². The molecule has 0 amide bonds. The molecule has 0 aromatic carbocycles. The Kier molecular flexibility index (Phi) is 3.05. The molecule has 1 N–H and O–H groups in total. The molecule has 76 valence electrons. The summed E-state index contributed by atoms with van der Waals surface area (Å²) in [6.07, 6.45) is 3.50. The Bertz CT molecular complexity index is 337. The van der Waals surface area contributed by atoms with E-state index in [1.54, 1.807) is 12.3 Å². The molecule has 5 heteroatoms. The Morgan fingerprint density at radius 3 is 2.64 bits per heavy atom. The Morgan fingerprint density at radius 1 is 1.36 bits per heavy atom. The number of nitrogens with one attached hydrogen (secondary N) is 1. The molecular weight excluding hydrogens is 242 g/mol. The van der Waals surface area contributed by atoms with E-state index in [2.05, 4.69) is 10.3 Å². The number of nitrogens with zero attached hydrogens (tertiary/aromatic N) is 1. The minimum atomic E-state index is 0.290. The van der Waals surface area contributed by atoms with E-state index >= 15 is 0 Å². The van der Waals surface area contributed by atoms with Crippen molar-refractivity contribution in [2.24, 2.45) is 0 Å². The molecule has 0 saturated heterocycles. The monoisotopic (exact) mass is 250 g/mol. The fourth-order valence-electron chi connectivity index (χ4n) is 1.38. The minimum absolute atomic E-state index is 0.290. The molecule has 0 bridgehead atoms. The zero-order valence-electron chi connectivity index (χ0n) is 7.30. The van der Waals surface area contributed by atoms with Crippen molar-refractivity contribution in [1.29, 1.82) is 0 Å². The maximum Gasteiger partial charge on any atom is 0.145 e. The number of alkyl halides is 1. The average molecular weight is 252 g/mol. The van der Waals surface area contributed by atoms with Crippen LogP contribution in [0.25, 0.3) is 0 Å².